The van der Waals surface area contributed by atoms with Crippen LogP contribution in [-0.2, 0) is 0 Å². The minimum atomic E-state index is -0.423. The monoisotopic (exact) mass is 323 g/mol. The number of carbonyl (C=O) groups is 1. The Morgan fingerprint density at radius 3 is 2.50 bits per heavy atom. The minimum absolute atomic E-state index is 0.0263. The second kappa shape index (κ2) is 7.60. The molecule has 0 radical (unpaired) electrons. The average molecular weight is 323 g/mol. The van der Waals surface area contributed by atoms with E-state index in [9.17, 15) is 14.9 Å². The maximum atomic E-state index is 12.7. The maximum Gasteiger partial charge on any atom is 0.270 e. The molecule has 1 aromatic rings. The molecule has 1 heterocycles. The van der Waals surface area contributed by atoms with Gasteiger partial charge in [-0.05, 0) is 18.4 Å². The van der Waals surface area contributed by atoms with Crippen LogP contribution in [0.4, 0.5) is 5.69 Å². The summed E-state index contributed by atoms with van der Waals surface area (Å²) in [6.07, 6.45) is 0. The molecule has 22 heavy (non-hydrogen) atoms. The molecule has 0 saturated carbocycles. The molecule has 1 saturated heterocycles. The second-order valence-electron chi connectivity index (χ2n) is 5.10. The van der Waals surface area contributed by atoms with Crippen molar-refractivity contribution >= 4 is 23.4 Å². The lowest BCUT2D eigenvalue weighted by Gasteiger charge is -2.34. The lowest BCUT2D eigenvalue weighted by molar-refractivity contribution is -0.385. The number of non-ortho nitro benzene ring substituents is 1. The molecule has 0 atom stereocenters. The number of hydrogen-bond donors (Lipinski definition) is 0. The van der Waals surface area contributed by atoms with Gasteiger partial charge in [-0.2, -0.15) is 0 Å². The molecule has 7 heteroatoms. The van der Waals surface area contributed by atoms with Crippen LogP contribution in [0.3, 0.4) is 0 Å². The summed E-state index contributed by atoms with van der Waals surface area (Å²) in [4.78, 5) is 28.0. The Balaban J connectivity index is 2.20. The molecule has 6 nitrogen and oxygen atoms in total. The van der Waals surface area contributed by atoms with Crippen LogP contribution in [0, 0.1) is 10.1 Å². The van der Waals surface area contributed by atoms with Crippen LogP contribution in [0.25, 0.3) is 0 Å². The number of benzene rings is 1. The second-order valence-corrected chi connectivity index (χ2v) is 6.40. The van der Waals surface area contributed by atoms with Crippen LogP contribution in [0.2, 0.25) is 0 Å². The Morgan fingerprint density at radius 1 is 1.27 bits per heavy atom. The van der Waals surface area contributed by atoms with Gasteiger partial charge < -0.3 is 9.80 Å². The first-order valence-corrected chi connectivity index (χ1v) is 8.48. The van der Waals surface area contributed by atoms with E-state index in [1.54, 1.807) is 6.07 Å². The normalized spacial score (nSPS) is 15.8. The zero-order valence-electron chi connectivity index (χ0n) is 12.9. The molecule has 0 unspecified atom stereocenters. The van der Waals surface area contributed by atoms with Gasteiger partial charge in [0.25, 0.3) is 11.6 Å². The van der Waals surface area contributed by atoms with Crippen molar-refractivity contribution in [1.82, 2.24) is 9.80 Å². The highest BCUT2D eigenvalue weighted by Crippen LogP contribution is 2.28. The quantitative estimate of drug-likeness (QED) is 0.473. The highest BCUT2D eigenvalue weighted by molar-refractivity contribution is 7.99. The van der Waals surface area contributed by atoms with Crippen LogP contribution < -0.4 is 0 Å². The van der Waals surface area contributed by atoms with E-state index in [1.807, 2.05) is 11.8 Å². The van der Waals surface area contributed by atoms with E-state index in [0.29, 0.717) is 23.5 Å². The van der Waals surface area contributed by atoms with E-state index in [4.69, 9.17) is 0 Å². The molecule has 1 fully saturated rings. The predicted molar refractivity (Wildman–Crippen MR) is 87.5 cm³/mol. The van der Waals surface area contributed by atoms with Gasteiger partial charge in [0.1, 0.15) is 0 Å². The van der Waals surface area contributed by atoms with Gasteiger partial charge in [-0.1, -0.05) is 13.8 Å². The van der Waals surface area contributed by atoms with Crippen LogP contribution in [0.5, 0.6) is 0 Å². The van der Waals surface area contributed by atoms with Crippen LogP contribution in [-0.4, -0.2) is 59.1 Å². The summed E-state index contributed by atoms with van der Waals surface area (Å²) in [6, 6.07) is 4.50. The summed E-state index contributed by atoms with van der Waals surface area (Å²) in [5.74, 6) is 0.743. The fraction of sp³-hybridized carbons (Fsp3) is 0.533. The zero-order chi connectivity index (χ0) is 16.1. The van der Waals surface area contributed by atoms with Crippen LogP contribution >= 0.6 is 11.8 Å². The van der Waals surface area contributed by atoms with Crippen LogP contribution in [0.15, 0.2) is 23.1 Å². The van der Waals surface area contributed by atoms with Gasteiger partial charge in [0.2, 0.25) is 0 Å². The van der Waals surface area contributed by atoms with Crippen molar-refractivity contribution in [2.45, 2.75) is 18.7 Å². The van der Waals surface area contributed by atoms with E-state index >= 15 is 0 Å². The number of carbonyl (C=O) groups excluding carboxylic acids is 1. The maximum absolute atomic E-state index is 12.7. The number of rotatable bonds is 5. The number of thioether (sulfide) groups is 1. The van der Waals surface area contributed by atoms with Gasteiger partial charge in [0.15, 0.2) is 0 Å². The summed E-state index contributed by atoms with van der Waals surface area (Å²) in [6.45, 7) is 8.26. The van der Waals surface area contributed by atoms with Crippen molar-refractivity contribution in [3.63, 3.8) is 0 Å². The van der Waals surface area contributed by atoms with Crippen molar-refractivity contribution in [3.8, 4) is 0 Å². The molecule has 0 aromatic heterocycles. The van der Waals surface area contributed by atoms with Crippen molar-refractivity contribution in [1.29, 1.82) is 0 Å². The summed E-state index contributed by atoms with van der Waals surface area (Å²) >= 11 is 1.47. The van der Waals surface area contributed by atoms with Crippen LogP contribution in [0.1, 0.15) is 24.2 Å². The molecule has 0 bridgehead atoms. The summed E-state index contributed by atoms with van der Waals surface area (Å²) in [7, 11) is 0. The zero-order valence-corrected chi connectivity index (χ0v) is 13.8. The van der Waals surface area contributed by atoms with E-state index in [0.717, 1.165) is 25.4 Å². The average Bonchev–Trinajstić information content (AvgIpc) is 2.54. The number of nitro groups is 1. The van der Waals surface area contributed by atoms with Gasteiger partial charge in [0, 0.05) is 43.2 Å². The summed E-state index contributed by atoms with van der Waals surface area (Å²) < 4.78 is 0. The van der Waals surface area contributed by atoms with Gasteiger partial charge in [0.05, 0.1) is 10.5 Å². The number of likely N-dealkylation sites (N-methyl/N-ethyl adjacent to an activating group) is 1. The third-order valence-corrected chi connectivity index (χ3v) is 4.75. The number of piperazine rings is 1. The van der Waals surface area contributed by atoms with Gasteiger partial charge in [-0.15, -0.1) is 11.8 Å². The number of amides is 1. The highest BCUT2D eigenvalue weighted by atomic mass is 32.2. The SMILES string of the molecule is CCSc1cc([N+](=O)[O-])ccc1C(=O)N1CCN(CC)CC1. The molecule has 1 aromatic carbocycles. The molecule has 1 aliphatic heterocycles. The first-order valence-electron chi connectivity index (χ1n) is 7.49. The standard InChI is InChI=1S/C15H21N3O3S/c1-3-16-7-9-17(10-8-16)15(19)13-6-5-12(18(20)21)11-14(13)22-4-2/h5-6,11H,3-4,7-10H2,1-2H3. The Morgan fingerprint density at radius 2 is 1.95 bits per heavy atom. The van der Waals surface area contributed by atoms with Gasteiger partial charge in [-0.3, -0.25) is 14.9 Å². The third-order valence-electron chi connectivity index (χ3n) is 3.81. The molecular formula is C15H21N3O3S. The Bertz CT molecular complexity index is 557. The Labute approximate surface area is 134 Å². The predicted octanol–water partition coefficient (Wildman–Crippen LogP) is 2.48. The Kier molecular flexibility index (Phi) is 5.79. The topological polar surface area (TPSA) is 66.7 Å². The smallest absolute Gasteiger partial charge is 0.270 e. The van der Waals surface area contributed by atoms with Crippen molar-refractivity contribution in [3.05, 3.63) is 33.9 Å². The first kappa shape index (κ1) is 16.8. The fourth-order valence-electron chi connectivity index (χ4n) is 2.51. The van der Waals surface area contributed by atoms with Crippen molar-refractivity contribution < 1.29 is 9.72 Å². The molecule has 1 aliphatic rings. The largest absolute Gasteiger partial charge is 0.336 e. The lowest BCUT2D eigenvalue weighted by Crippen LogP contribution is -2.48. The molecule has 0 N–H and O–H groups in total. The number of nitrogens with zero attached hydrogens (tertiary/aromatic N) is 3. The minimum Gasteiger partial charge on any atom is -0.336 e. The van der Waals surface area contributed by atoms with Crippen molar-refractivity contribution in [2.24, 2.45) is 0 Å². The number of nitro benzene ring substituents is 1. The molecule has 1 amide bonds. The van der Waals surface area contributed by atoms with E-state index in [-0.39, 0.29) is 11.6 Å². The Hall–Kier alpha value is -1.60. The molecular weight excluding hydrogens is 302 g/mol. The first-order chi connectivity index (χ1) is 10.6. The summed E-state index contributed by atoms with van der Waals surface area (Å²) in [5.41, 5.74) is 0.603. The van der Waals surface area contributed by atoms with E-state index in [1.165, 1.54) is 23.9 Å². The molecule has 2 rings (SSSR count). The molecule has 0 aliphatic carbocycles. The summed E-state index contributed by atoms with van der Waals surface area (Å²) in [5, 5.41) is 10.9. The fourth-order valence-corrected chi connectivity index (χ4v) is 3.34. The van der Waals surface area contributed by atoms with Gasteiger partial charge in [-0.25, -0.2) is 0 Å². The van der Waals surface area contributed by atoms with Crippen molar-refractivity contribution in [2.75, 3.05) is 38.5 Å². The third kappa shape index (κ3) is 3.78. The number of hydrogen-bond acceptors (Lipinski definition) is 5. The van der Waals surface area contributed by atoms with E-state index < -0.39 is 4.92 Å². The molecule has 120 valence electrons. The van der Waals surface area contributed by atoms with Gasteiger partial charge >= 0.3 is 0 Å². The highest BCUT2D eigenvalue weighted by Gasteiger charge is 2.24. The van der Waals surface area contributed by atoms with E-state index in [2.05, 4.69) is 11.8 Å². The lowest BCUT2D eigenvalue weighted by atomic mass is 10.1. The molecule has 0 spiro atoms.